The Morgan fingerprint density at radius 1 is 1.00 bits per heavy atom. The molecule has 12 heteroatoms. The van der Waals surface area contributed by atoms with E-state index in [0.29, 0.717) is 28.1 Å². The van der Waals surface area contributed by atoms with Crippen molar-refractivity contribution in [2.45, 2.75) is 17.9 Å². The first kappa shape index (κ1) is 26.8. The quantitative estimate of drug-likeness (QED) is 0.293. The molecule has 3 N–H and O–H groups in total. The van der Waals surface area contributed by atoms with Crippen molar-refractivity contribution in [2.24, 2.45) is 0 Å². The van der Waals surface area contributed by atoms with Crippen LogP contribution in [0.25, 0.3) is 22.0 Å². The lowest BCUT2D eigenvalue weighted by atomic mass is 10.0. The summed E-state index contributed by atoms with van der Waals surface area (Å²) in [5, 5.41) is 0.292. The largest absolute Gasteiger partial charge is 0.480 e. The number of benzene rings is 3. The van der Waals surface area contributed by atoms with E-state index in [1.165, 1.54) is 23.9 Å². The molecule has 0 aliphatic rings. The van der Waals surface area contributed by atoms with Gasteiger partial charge in [0.25, 0.3) is 15.6 Å². The molecule has 3 aromatic carbocycles. The summed E-state index contributed by atoms with van der Waals surface area (Å²) in [6, 6.07) is 17.5. The lowest BCUT2D eigenvalue weighted by Gasteiger charge is -2.18. The van der Waals surface area contributed by atoms with Crippen molar-refractivity contribution in [3.05, 3.63) is 107 Å². The number of nitrogens with two attached hydrogens (primary N) is 1. The van der Waals surface area contributed by atoms with Crippen LogP contribution in [0, 0.1) is 11.6 Å². The van der Waals surface area contributed by atoms with E-state index in [4.69, 9.17) is 10.5 Å². The van der Waals surface area contributed by atoms with Crippen molar-refractivity contribution >= 4 is 32.6 Å². The number of halogens is 2. The highest BCUT2D eigenvalue weighted by Gasteiger charge is 2.23. The van der Waals surface area contributed by atoms with Crippen LogP contribution in [0.4, 0.5) is 20.4 Å². The summed E-state index contributed by atoms with van der Waals surface area (Å²) >= 11 is 0. The smallest absolute Gasteiger partial charge is 0.264 e. The fourth-order valence-corrected chi connectivity index (χ4v) is 5.50. The summed E-state index contributed by atoms with van der Waals surface area (Å²) in [4.78, 5) is 21.4. The number of ether oxygens (including phenoxy) is 1. The number of sulfonamides is 1. The molecule has 0 amide bonds. The van der Waals surface area contributed by atoms with E-state index in [9.17, 15) is 22.0 Å². The third kappa shape index (κ3) is 4.96. The number of anilines is 2. The molecule has 0 aliphatic heterocycles. The first-order valence-electron chi connectivity index (χ1n) is 12.0. The van der Waals surface area contributed by atoms with Gasteiger partial charge >= 0.3 is 0 Å². The van der Waals surface area contributed by atoms with Gasteiger partial charge in [0.05, 0.1) is 24.1 Å². The van der Waals surface area contributed by atoms with Crippen LogP contribution in [0.5, 0.6) is 5.88 Å². The number of hydrogen-bond donors (Lipinski definition) is 2. The third-order valence-electron chi connectivity index (χ3n) is 6.40. The standard InChI is InChI=1S/C28H23F2N5O4S/c1-16(17-6-4-3-5-7-17)35-27(36)21-12-18(8-10-23(21)33-28(35)31)19-13-24(26(39-2)32-15-19)34-40(37,38)25-11-9-20(29)14-22(25)30/h3-16,34H,1-2H3,(H2,31,33)/t16-/m1/s1. The van der Waals surface area contributed by atoms with Crippen molar-refractivity contribution in [3.8, 4) is 17.0 Å². The maximum absolute atomic E-state index is 14.2. The second-order valence-corrected chi connectivity index (χ2v) is 10.6. The summed E-state index contributed by atoms with van der Waals surface area (Å²) in [6.07, 6.45) is 1.44. The van der Waals surface area contributed by atoms with Crippen LogP contribution in [0.2, 0.25) is 0 Å². The Morgan fingerprint density at radius 2 is 1.75 bits per heavy atom. The molecular formula is C28H23F2N5O4S. The minimum atomic E-state index is -4.47. The highest BCUT2D eigenvalue weighted by Crippen LogP contribution is 2.32. The molecule has 0 saturated heterocycles. The van der Waals surface area contributed by atoms with Gasteiger partial charge in [0.15, 0.2) is 0 Å². The maximum atomic E-state index is 14.2. The van der Waals surface area contributed by atoms with Crippen LogP contribution in [-0.4, -0.2) is 30.1 Å². The number of nitrogens with one attached hydrogen (secondary N) is 1. The Labute approximate surface area is 228 Å². The zero-order chi connectivity index (χ0) is 28.6. The Bertz CT molecular complexity index is 1910. The number of nitrogen functional groups attached to an aromatic ring is 1. The van der Waals surface area contributed by atoms with Gasteiger partial charge in [0.1, 0.15) is 22.2 Å². The molecule has 0 bridgehead atoms. The number of fused-ring (bicyclic) bond motifs is 1. The van der Waals surface area contributed by atoms with Gasteiger partial charge in [0.2, 0.25) is 11.8 Å². The van der Waals surface area contributed by atoms with Crippen LogP contribution < -0.4 is 20.8 Å². The molecular weight excluding hydrogens is 540 g/mol. The van der Waals surface area contributed by atoms with Crippen LogP contribution in [-0.2, 0) is 10.0 Å². The van der Waals surface area contributed by atoms with Gasteiger partial charge in [-0.2, -0.15) is 0 Å². The maximum Gasteiger partial charge on any atom is 0.264 e. The minimum absolute atomic E-state index is 0.0671. The predicted octanol–water partition coefficient (Wildman–Crippen LogP) is 4.74. The topological polar surface area (TPSA) is 129 Å². The number of aromatic nitrogens is 3. The van der Waals surface area contributed by atoms with Crippen molar-refractivity contribution in [1.82, 2.24) is 14.5 Å². The molecule has 2 heterocycles. The van der Waals surface area contributed by atoms with E-state index >= 15 is 0 Å². The molecule has 0 aliphatic carbocycles. The molecule has 0 radical (unpaired) electrons. The van der Waals surface area contributed by atoms with Gasteiger partial charge in [0, 0.05) is 17.8 Å². The molecule has 204 valence electrons. The van der Waals surface area contributed by atoms with Gasteiger partial charge in [-0.3, -0.25) is 14.1 Å². The zero-order valence-corrected chi connectivity index (χ0v) is 22.1. The first-order chi connectivity index (χ1) is 19.1. The highest BCUT2D eigenvalue weighted by atomic mass is 32.2. The first-order valence-corrected chi connectivity index (χ1v) is 13.5. The Balaban J connectivity index is 1.58. The Hall–Kier alpha value is -4.84. The van der Waals surface area contributed by atoms with Crippen molar-refractivity contribution in [2.75, 3.05) is 17.6 Å². The SMILES string of the molecule is COc1ncc(-c2ccc3nc(N)n([C@H](C)c4ccccc4)c(=O)c3c2)cc1NS(=O)(=O)c1ccc(F)cc1F. The second-order valence-electron chi connectivity index (χ2n) is 8.92. The number of pyridine rings is 1. The molecule has 0 saturated carbocycles. The van der Waals surface area contributed by atoms with E-state index in [-0.39, 0.29) is 29.1 Å². The Kier molecular flexibility index (Phi) is 6.94. The lowest BCUT2D eigenvalue weighted by Crippen LogP contribution is -2.27. The fraction of sp³-hybridized carbons (Fsp3) is 0.107. The normalized spacial score (nSPS) is 12.3. The minimum Gasteiger partial charge on any atom is -0.480 e. The van der Waals surface area contributed by atoms with Crippen molar-refractivity contribution in [1.29, 1.82) is 0 Å². The number of nitrogens with zero attached hydrogens (tertiary/aromatic N) is 3. The van der Waals surface area contributed by atoms with E-state index in [1.54, 1.807) is 18.2 Å². The molecule has 2 aromatic heterocycles. The van der Waals surface area contributed by atoms with Crippen molar-refractivity contribution < 1.29 is 21.9 Å². The van der Waals surface area contributed by atoms with Crippen LogP contribution >= 0.6 is 0 Å². The van der Waals surface area contributed by atoms with E-state index in [0.717, 1.165) is 17.7 Å². The van der Waals surface area contributed by atoms with Gasteiger partial charge in [-0.05, 0) is 48.4 Å². The average Bonchev–Trinajstić information content (AvgIpc) is 2.93. The van der Waals surface area contributed by atoms with Gasteiger partial charge in [-0.1, -0.05) is 36.4 Å². The molecule has 5 rings (SSSR count). The molecule has 5 aromatic rings. The van der Waals surface area contributed by atoms with Crippen LogP contribution in [0.15, 0.2) is 88.7 Å². The summed E-state index contributed by atoms with van der Waals surface area (Å²) in [6.45, 7) is 1.85. The summed E-state index contributed by atoms with van der Waals surface area (Å²) < 4.78 is 62.2. The number of rotatable bonds is 7. The summed E-state index contributed by atoms with van der Waals surface area (Å²) in [7, 11) is -3.18. The van der Waals surface area contributed by atoms with Gasteiger partial charge in [-0.25, -0.2) is 27.2 Å². The summed E-state index contributed by atoms with van der Waals surface area (Å²) in [5.74, 6) is -2.18. The number of methoxy groups -OCH3 is 1. The summed E-state index contributed by atoms with van der Waals surface area (Å²) in [5.41, 5.74) is 7.95. The Morgan fingerprint density at radius 3 is 2.45 bits per heavy atom. The molecule has 1 atom stereocenters. The number of hydrogen-bond acceptors (Lipinski definition) is 7. The zero-order valence-electron chi connectivity index (χ0n) is 21.3. The molecule has 0 spiro atoms. The highest BCUT2D eigenvalue weighted by molar-refractivity contribution is 7.92. The molecule has 9 nitrogen and oxygen atoms in total. The third-order valence-corrected chi connectivity index (χ3v) is 7.80. The molecule has 40 heavy (non-hydrogen) atoms. The molecule has 0 fully saturated rings. The average molecular weight is 564 g/mol. The second kappa shape index (κ2) is 10.4. The lowest BCUT2D eigenvalue weighted by molar-refractivity contribution is 0.400. The van der Waals surface area contributed by atoms with Crippen LogP contribution in [0.3, 0.4) is 0 Å². The van der Waals surface area contributed by atoms with E-state index in [2.05, 4.69) is 14.7 Å². The predicted molar refractivity (Wildman–Crippen MR) is 148 cm³/mol. The van der Waals surface area contributed by atoms with Gasteiger partial charge in [-0.15, -0.1) is 0 Å². The molecule has 0 unspecified atom stereocenters. The van der Waals surface area contributed by atoms with E-state index in [1.807, 2.05) is 37.3 Å². The van der Waals surface area contributed by atoms with Gasteiger partial charge < -0.3 is 10.5 Å². The fourth-order valence-electron chi connectivity index (χ4n) is 4.39. The van der Waals surface area contributed by atoms with Crippen LogP contribution in [0.1, 0.15) is 18.5 Å². The van der Waals surface area contributed by atoms with E-state index < -0.39 is 26.6 Å². The monoisotopic (exact) mass is 563 g/mol. The van der Waals surface area contributed by atoms with Crippen molar-refractivity contribution in [3.63, 3.8) is 0 Å².